The van der Waals surface area contributed by atoms with Crippen LogP contribution in [0.25, 0.3) is 16.6 Å². The maximum Gasteiger partial charge on any atom is 0.119 e. The second kappa shape index (κ2) is 6.96. The predicted molar refractivity (Wildman–Crippen MR) is 108 cm³/mol. The molecule has 0 bridgehead atoms. The minimum absolute atomic E-state index is 0.840. The predicted octanol–water partition coefficient (Wildman–Crippen LogP) is 5.28. The molecule has 130 valence electrons. The van der Waals surface area contributed by atoms with Crippen molar-refractivity contribution in [3.05, 3.63) is 90.6 Å². The fourth-order valence-corrected chi connectivity index (χ4v) is 3.36. The number of nitrogens with zero attached hydrogens (tertiary/aromatic N) is 2. The molecular weight excluding hydrogens is 320 g/mol. The Balaban J connectivity index is 1.70. The van der Waals surface area contributed by atoms with Crippen LogP contribution in [0.2, 0.25) is 0 Å². The van der Waals surface area contributed by atoms with Crippen LogP contribution in [-0.4, -0.2) is 18.7 Å². The number of rotatable bonds is 5. The average molecular weight is 342 g/mol. The topological polar surface area (TPSA) is 17.4 Å². The van der Waals surface area contributed by atoms with Gasteiger partial charge in [0, 0.05) is 36.6 Å². The van der Waals surface area contributed by atoms with Gasteiger partial charge >= 0.3 is 0 Å². The summed E-state index contributed by atoms with van der Waals surface area (Å²) in [6, 6.07) is 27.3. The highest BCUT2D eigenvalue weighted by molar-refractivity contribution is 5.86. The molecule has 0 saturated heterocycles. The van der Waals surface area contributed by atoms with E-state index in [9.17, 15) is 0 Å². The van der Waals surface area contributed by atoms with Crippen molar-refractivity contribution < 1.29 is 4.74 Å². The number of aromatic nitrogens is 1. The van der Waals surface area contributed by atoms with Gasteiger partial charge in [-0.2, -0.15) is 0 Å². The van der Waals surface area contributed by atoms with E-state index in [0.29, 0.717) is 0 Å². The number of ether oxygens (including phenoxy) is 1. The highest BCUT2D eigenvalue weighted by Gasteiger charge is 2.11. The van der Waals surface area contributed by atoms with Crippen LogP contribution in [-0.2, 0) is 6.54 Å². The summed E-state index contributed by atoms with van der Waals surface area (Å²) in [7, 11) is 3.81. The molecule has 0 N–H and O–H groups in total. The molecule has 0 aliphatic heterocycles. The van der Waals surface area contributed by atoms with Gasteiger partial charge in [0.1, 0.15) is 5.75 Å². The Morgan fingerprint density at radius 1 is 0.846 bits per heavy atom. The zero-order chi connectivity index (χ0) is 17.9. The van der Waals surface area contributed by atoms with Crippen LogP contribution in [0.1, 0.15) is 5.56 Å². The molecule has 3 nitrogen and oxygen atoms in total. The zero-order valence-electron chi connectivity index (χ0n) is 15.1. The highest BCUT2D eigenvalue weighted by atomic mass is 16.5. The molecular formula is C23H22N2O. The lowest BCUT2D eigenvalue weighted by atomic mass is 10.1. The van der Waals surface area contributed by atoms with Gasteiger partial charge in [-0.1, -0.05) is 36.4 Å². The van der Waals surface area contributed by atoms with E-state index in [2.05, 4.69) is 83.4 Å². The molecule has 3 heteroatoms. The molecule has 26 heavy (non-hydrogen) atoms. The first-order chi connectivity index (χ1) is 12.8. The van der Waals surface area contributed by atoms with Crippen molar-refractivity contribution in [1.82, 2.24) is 4.57 Å². The molecule has 1 heterocycles. The molecule has 1 aromatic heterocycles. The van der Waals surface area contributed by atoms with Crippen LogP contribution in [0.5, 0.6) is 5.75 Å². The van der Waals surface area contributed by atoms with Gasteiger partial charge in [0.15, 0.2) is 0 Å². The van der Waals surface area contributed by atoms with E-state index in [4.69, 9.17) is 4.74 Å². The van der Waals surface area contributed by atoms with E-state index in [0.717, 1.165) is 12.3 Å². The van der Waals surface area contributed by atoms with E-state index < -0.39 is 0 Å². The smallest absolute Gasteiger partial charge is 0.119 e. The number of hydrogen-bond acceptors (Lipinski definition) is 2. The van der Waals surface area contributed by atoms with Gasteiger partial charge in [-0.3, -0.25) is 0 Å². The lowest BCUT2D eigenvalue weighted by Crippen LogP contribution is -2.16. The van der Waals surface area contributed by atoms with Crippen molar-refractivity contribution in [3.63, 3.8) is 0 Å². The molecule has 0 atom stereocenters. The van der Waals surface area contributed by atoms with Crippen LogP contribution >= 0.6 is 0 Å². The normalized spacial score (nSPS) is 10.8. The summed E-state index contributed by atoms with van der Waals surface area (Å²) in [5.74, 6) is 0.878. The van der Waals surface area contributed by atoms with Crippen molar-refractivity contribution in [2.24, 2.45) is 0 Å². The summed E-state index contributed by atoms with van der Waals surface area (Å²) in [5, 5.41) is 1.29. The third-order valence-corrected chi connectivity index (χ3v) is 4.75. The van der Waals surface area contributed by atoms with Crippen LogP contribution in [0.3, 0.4) is 0 Å². The highest BCUT2D eigenvalue weighted by Crippen LogP contribution is 2.27. The molecule has 0 spiro atoms. The lowest BCUT2D eigenvalue weighted by molar-refractivity contribution is 0.415. The largest absolute Gasteiger partial charge is 0.497 e. The number of hydrogen-bond donors (Lipinski definition) is 0. The van der Waals surface area contributed by atoms with E-state index in [1.54, 1.807) is 7.11 Å². The van der Waals surface area contributed by atoms with Gasteiger partial charge in [0.05, 0.1) is 12.6 Å². The van der Waals surface area contributed by atoms with Crippen molar-refractivity contribution >= 4 is 16.6 Å². The standard InChI is InChI=1S/C23H22N2O/c1-24(19-12-14-21(26-2)15-13-19)16-18-17-25(20-8-4-3-5-9-20)23-11-7-6-10-22(18)23/h3-15,17H,16H2,1-2H3. The van der Waals surface area contributed by atoms with Gasteiger partial charge in [0.2, 0.25) is 0 Å². The first-order valence-corrected chi connectivity index (χ1v) is 8.76. The number of para-hydroxylation sites is 2. The van der Waals surface area contributed by atoms with Gasteiger partial charge < -0.3 is 14.2 Å². The molecule has 0 saturated carbocycles. The monoisotopic (exact) mass is 342 g/mol. The first-order valence-electron chi connectivity index (χ1n) is 8.76. The van der Waals surface area contributed by atoms with E-state index in [1.807, 2.05) is 18.2 Å². The molecule has 0 fully saturated rings. The van der Waals surface area contributed by atoms with Gasteiger partial charge in [0.25, 0.3) is 0 Å². The third-order valence-electron chi connectivity index (χ3n) is 4.75. The summed E-state index contributed by atoms with van der Waals surface area (Å²) < 4.78 is 7.53. The fourth-order valence-electron chi connectivity index (χ4n) is 3.36. The van der Waals surface area contributed by atoms with Crippen LogP contribution < -0.4 is 9.64 Å². The number of methoxy groups -OCH3 is 1. The molecule has 3 aromatic carbocycles. The summed E-state index contributed by atoms with van der Waals surface area (Å²) in [4.78, 5) is 2.26. The summed E-state index contributed by atoms with van der Waals surface area (Å²) in [6.45, 7) is 0.840. The van der Waals surface area contributed by atoms with E-state index in [1.165, 1.54) is 27.8 Å². The Kier molecular flexibility index (Phi) is 4.36. The van der Waals surface area contributed by atoms with Crippen LogP contribution in [0, 0.1) is 0 Å². The minimum atomic E-state index is 0.840. The van der Waals surface area contributed by atoms with Crippen molar-refractivity contribution in [2.45, 2.75) is 6.54 Å². The summed E-state index contributed by atoms with van der Waals surface area (Å²) >= 11 is 0. The Hall–Kier alpha value is -3.20. The quantitative estimate of drug-likeness (QED) is 0.491. The van der Waals surface area contributed by atoms with Crippen molar-refractivity contribution in [3.8, 4) is 11.4 Å². The van der Waals surface area contributed by atoms with Gasteiger partial charge in [-0.25, -0.2) is 0 Å². The maximum atomic E-state index is 5.26. The number of benzene rings is 3. The average Bonchev–Trinajstić information content (AvgIpc) is 3.07. The third kappa shape index (κ3) is 3.04. The summed E-state index contributed by atoms with van der Waals surface area (Å²) in [5.41, 5.74) is 4.89. The Labute approximate surface area is 154 Å². The van der Waals surface area contributed by atoms with Gasteiger partial charge in [-0.05, 0) is 48.0 Å². The molecule has 0 radical (unpaired) electrons. The van der Waals surface area contributed by atoms with Gasteiger partial charge in [-0.15, -0.1) is 0 Å². The minimum Gasteiger partial charge on any atom is -0.497 e. The molecule has 4 aromatic rings. The lowest BCUT2D eigenvalue weighted by Gasteiger charge is -2.19. The van der Waals surface area contributed by atoms with Crippen molar-refractivity contribution in [1.29, 1.82) is 0 Å². The molecule has 0 amide bonds. The SMILES string of the molecule is COc1ccc(N(C)Cc2cn(-c3ccccc3)c3ccccc23)cc1. The number of fused-ring (bicyclic) bond motifs is 1. The zero-order valence-corrected chi connectivity index (χ0v) is 15.1. The molecule has 4 rings (SSSR count). The molecule has 0 aliphatic rings. The first kappa shape index (κ1) is 16.3. The van der Waals surface area contributed by atoms with E-state index in [-0.39, 0.29) is 0 Å². The molecule has 0 unspecified atom stereocenters. The summed E-state index contributed by atoms with van der Waals surface area (Å²) in [6.07, 6.45) is 2.25. The Morgan fingerprint density at radius 3 is 2.27 bits per heavy atom. The van der Waals surface area contributed by atoms with E-state index >= 15 is 0 Å². The second-order valence-electron chi connectivity index (χ2n) is 6.43. The van der Waals surface area contributed by atoms with Crippen LogP contribution in [0.4, 0.5) is 5.69 Å². The van der Waals surface area contributed by atoms with Crippen molar-refractivity contribution in [2.75, 3.05) is 19.1 Å². The second-order valence-corrected chi connectivity index (χ2v) is 6.43. The maximum absolute atomic E-state index is 5.26. The van der Waals surface area contributed by atoms with Crippen LogP contribution in [0.15, 0.2) is 85.1 Å². The fraction of sp³-hybridized carbons (Fsp3) is 0.130. The molecule has 0 aliphatic carbocycles. The Bertz CT molecular complexity index is 1000. The Morgan fingerprint density at radius 2 is 1.54 bits per heavy atom. The number of anilines is 1.